The second kappa shape index (κ2) is 4.83. The van der Waals surface area contributed by atoms with Crippen LogP contribution in [0.3, 0.4) is 0 Å². The summed E-state index contributed by atoms with van der Waals surface area (Å²) in [4.78, 5) is 2.40. The average molecular weight is 170 g/mol. The topological polar surface area (TPSA) is 15.3 Å². The predicted octanol–water partition coefficient (Wildman–Crippen LogP) is 1.33. The fourth-order valence-corrected chi connectivity index (χ4v) is 1.61. The van der Waals surface area contributed by atoms with Crippen LogP contribution in [0.1, 0.15) is 26.7 Å². The Morgan fingerprint density at radius 1 is 1.58 bits per heavy atom. The van der Waals surface area contributed by atoms with E-state index in [4.69, 9.17) is 0 Å². The second-order valence-corrected chi connectivity index (χ2v) is 4.17. The maximum atomic E-state index is 3.62. The van der Waals surface area contributed by atoms with Gasteiger partial charge in [0.2, 0.25) is 0 Å². The SMILES string of the molecule is CC[C@@H](C)CN[C@H]1CCN(C)C1. The number of likely N-dealkylation sites (tertiary alicyclic amines) is 1. The molecule has 2 nitrogen and oxygen atoms in total. The molecule has 0 bridgehead atoms. The van der Waals surface area contributed by atoms with Gasteiger partial charge in [0.05, 0.1) is 0 Å². The van der Waals surface area contributed by atoms with Crippen LogP contribution >= 0.6 is 0 Å². The number of nitrogens with zero attached hydrogens (tertiary/aromatic N) is 1. The van der Waals surface area contributed by atoms with E-state index in [1.54, 1.807) is 0 Å². The molecule has 12 heavy (non-hydrogen) atoms. The molecule has 0 aromatic carbocycles. The highest BCUT2D eigenvalue weighted by atomic mass is 15.2. The van der Waals surface area contributed by atoms with E-state index in [1.807, 2.05) is 0 Å². The molecule has 0 unspecified atom stereocenters. The molecule has 0 spiro atoms. The van der Waals surface area contributed by atoms with Crippen molar-refractivity contribution in [3.05, 3.63) is 0 Å². The quantitative estimate of drug-likeness (QED) is 0.684. The molecule has 1 aliphatic rings. The summed E-state index contributed by atoms with van der Waals surface area (Å²) in [6.45, 7) is 8.25. The molecule has 72 valence electrons. The Bertz CT molecular complexity index is 125. The van der Waals surface area contributed by atoms with Gasteiger partial charge >= 0.3 is 0 Å². The van der Waals surface area contributed by atoms with Gasteiger partial charge in [0.15, 0.2) is 0 Å². The van der Waals surface area contributed by atoms with Gasteiger partial charge in [-0.25, -0.2) is 0 Å². The molecule has 1 N–H and O–H groups in total. The Kier molecular flexibility index (Phi) is 4.02. The van der Waals surface area contributed by atoms with Crippen molar-refractivity contribution in [3.8, 4) is 0 Å². The van der Waals surface area contributed by atoms with Crippen molar-refractivity contribution >= 4 is 0 Å². The van der Waals surface area contributed by atoms with E-state index < -0.39 is 0 Å². The van der Waals surface area contributed by atoms with E-state index in [-0.39, 0.29) is 0 Å². The highest BCUT2D eigenvalue weighted by Crippen LogP contribution is 2.07. The third-order valence-corrected chi connectivity index (χ3v) is 2.84. The number of rotatable bonds is 4. The monoisotopic (exact) mass is 170 g/mol. The van der Waals surface area contributed by atoms with Crippen molar-refractivity contribution < 1.29 is 0 Å². The lowest BCUT2D eigenvalue weighted by atomic mass is 10.1. The van der Waals surface area contributed by atoms with E-state index in [9.17, 15) is 0 Å². The molecule has 1 rings (SSSR count). The summed E-state index contributed by atoms with van der Waals surface area (Å²) >= 11 is 0. The molecule has 0 aromatic heterocycles. The highest BCUT2D eigenvalue weighted by Gasteiger charge is 2.18. The minimum atomic E-state index is 0.754. The summed E-state index contributed by atoms with van der Waals surface area (Å²) in [6, 6.07) is 0.754. The summed E-state index contributed by atoms with van der Waals surface area (Å²) in [5.41, 5.74) is 0. The van der Waals surface area contributed by atoms with E-state index in [2.05, 4.69) is 31.1 Å². The van der Waals surface area contributed by atoms with Crippen LogP contribution in [-0.2, 0) is 0 Å². The van der Waals surface area contributed by atoms with Crippen LogP contribution in [0.2, 0.25) is 0 Å². The summed E-state index contributed by atoms with van der Waals surface area (Å²) in [5.74, 6) is 0.830. The molecule has 1 fully saturated rings. The van der Waals surface area contributed by atoms with E-state index >= 15 is 0 Å². The van der Waals surface area contributed by atoms with E-state index in [1.165, 1.54) is 32.5 Å². The molecule has 0 saturated carbocycles. The lowest BCUT2D eigenvalue weighted by Crippen LogP contribution is -2.34. The first-order valence-electron chi connectivity index (χ1n) is 5.14. The van der Waals surface area contributed by atoms with Crippen LogP contribution in [0.4, 0.5) is 0 Å². The van der Waals surface area contributed by atoms with Crippen LogP contribution in [0, 0.1) is 5.92 Å². The molecular weight excluding hydrogens is 148 g/mol. The Balaban J connectivity index is 2.07. The van der Waals surface area contributed by atoms with E-state index in [0.717, 1.165) is 12.0 Å². The summed E-state index contributed by atoms with van der Waals surface area (Å²) in [5, 5.41) is 3.62. The van der Waals surface area contributed by atoms with Gasteiger partial charge in [-0.05, 0) is 32.5 Å². The van der Waals surface area contributed by atoms with Crippen LogP contribution in [0.25, 0.3) is 0 Å². The van der Waals surface area contributed by atoms with Crippen LogP contribution in [0.5, 0.6) is 0 Å². The zero-order valence-corrected chi connectivity index (χ0v) is 8.64. The first-order chi connectivity index (χ1) is 5.72. The van der Waals surface area contributed by atoms with Crippen LogP contribution in [-0.4, -0.2) is 37.6 Å². The number of hydrogen-bond acceptors (Lipinski definition) is 2. The Labute approximate surface area is 76.3 Å². The van der Waals surface area contributed by atoms with Crippen molar-refractivity contribution in [1.82, 2.24) is 10.2 Å². The maximum Gasteiger partial charge on any atom is 0.0207 e. The predicted molar refractivity (Wildman–Crippen MR) is 53.4 cm³/mol. The zero-order chi connectivity index (χ0) is 8.97. The van der Waals surface area contributed by atoms with Crippen LogP contribution < -0.4 is 5.32 Å². The first-order valence-corrected chi connectivity index (χ1v) is 5.14. The first kappa shape index (κ1) is 10.0. The number of likely N-dealkylation sites (N-methyl/N-ethyl adjacent to an activating group) is 1. The maximum absolute atomic E-state index is 3.62. The normalized spacial score (nSPS) is 27.8. The lowest BCUT2D eigenvalue weighted by Gasteiger charge is -2.15. The molecule has 1 saturated heterocycles. The fourth-order valence-electron chi connectivity index (χ4n) is 1.61. The summed E-state index contributed by atoms with van der Waals surface area (Å²) in [7, 11) is 2.20. The van der Waals surface area contributed by atoms with E-state index in [0.29, 0.717) is 0 Å². The van der Waals surface area contributed by atoms with Gasteiger partial charge in [-0.2, -0.15) is 0 Å². The lowest BCUT2D eigenvalue weighted by molar-refractivity contribution is 0.386. The Morgan fingerprint density at radius 3 is 2.83 bits per heavy atom. The average Bonchev–Trinajstić information content (AvgIpc) is 2.47. The second-order valence-electron chi connectivity index (χ2n) is 4.17. The number of nitrogens with one attached hydrogen (secondary N) is 1. The molecule has 0 aliphatic carbocycles. The van der Waals surface area contributed by atoms with Crippen molar-refractivity contribution in [2.45, 2.75) is 32.7 Å². The molecule has 2 heteroatoms. The standard InChI is InChI=1S/C10H22N2/c1-4-9(2)7-11-10-5-6-12(3)8-10/h9-11H,4-8H2,1-3H3/t9-,10+/m1/s1. The Morgan fingerprint density at radius 2 is 2.33 bits per heavy atom. The summed E-state index contributed by atoms with van der Waals surface area (Å²) in [6.07, 6.45) is 2.61. The minimum absolute atomic E-state index is 0.754. The van der Waals surface area contributed by atoms with Crippen molar-refractivity contribution in [1.29, 1.82) is 0 Å². The molecule has 0 radical (unpaired) electrons. The van der Waals surface area contributed by atoms with Gasteiger partial charge in [0.1, 0.15) is 0 Å². The molecular formula is C10H22N2. The smallest absolute Gasteiger partial charge is 0.0207 e. The van der Waals surface area contributed by atoms with Gasteiger partial charge in [-0.3, -0.25) is 0 Å². The van der Waals surface area contributed by atoms with Crippen molar-refractivity contribution in [2.24, 2.45) is 5.92 Å². The summed E-state index contributed by atoms with van der Waals surface area (Å²) < 4.78 is 0. The molecule has 1 aliphatic heterocycles. The molecule has 1 heterocycles. The van der Waals surface area contributed by atoms with Gasteiger partial charge in [0.25, 0.3) is 0 Å². The van der Waals surface area contributed by atoms with Gasteiger partial charge in [0, 0.05) is 12.6 Å². The van der Waals surface area contributed by atoms with Crippen LogP contribution in [0.15, 0.2) is 0 Å². The third kappa shape index (κ3) is 3.11. The number of hydrogen-bond donors (Lipinski definition) is 1. The minimum Gasteiger partial charge on any atom is -0.312 e. The van der Waals surface area contributed by atoms with Gasteiger partial charge in [-0.1, -0.05) is 20.3 Å². The van der Waals surface area contributed by atoms with Gasteiger partial charge in [-0.15, -0.1) is 0 Å². The highest BCUT2D eigenvalue weighted by molar-refractivity contribution is 4.79. The molecule has 2 atom stereocenters. The Hall–Kier alpha value is -0.0800. The molecule has 0 aromatic rings. The van der Waals surface area contributed by atoms with Gasteiger partial charge < -0.3 is 10.2 Å². The fraction of sp³-hybridized carbons (Fsp3) is 1.00. The molecule has 0 amide bonds. The van der Waals surface area contributed by atoms with Crippen molar-refractivity contribution in [2.75, 3.05) is 26.7 Å². The third-order valence-electron chi connectivity index (χ3n) is 2.84. The van der Waals surface area contributed by atoms with Crippen molar-refractivity contribution in [3.63, 3.8) is 0 Å². The zero-order valence-electron chi connectivity index (χ0n) is 8.64. The largest absolute Gasteiger partial charge is 0.312 e.